The van der Waals surface area contributed by atoms with Crippen LogP contribution < -0.4 is 15.4 Å². The first-order valence-electron chi connectivity index (χ1n) is 8.60. The Morgan fingerprint density at radius 3 is 2.07 bits per heavy atom. The molecule has 0 heterocycles. The van der Waals surface area contributed by atoms with E-state index in [1.807, 2.05) is 48.5 Å². The van der Waals surface area contributed by atoms with Gasteiger partial charge in [0, 0.05) is 17.8 Å². The molecule has 3 aromatic carbocycles. The van der Waals surface area contributed by atoms with Gasteiger partial charge in [-0.1, -0.05) is 48.5 Å². The number of hydrogen-bond donors (Lipinski definition) is 2. The Balaban J connectivity index is 1.47. The molecular formula is C22H20N2O3. The van der Waals surface area contributed by atoms with Crippen LogP contribution in [0, 0.1) is 0 Å². The van der Waals surface area contributed by atoms with Gasteiger partial charge in [-0.2, -0.15) is 0 Å². The predicted molar refractivity (Wildman–Crippen MR) is 105 cm³/mol. The number of anilines is 1. The number of hydrogen-bond acceptors (Lipinski definition) is 3. The van der Waals surface area contributed by atoms with E-state index in [1.54, 1.807) is 36.4 Å². The Labute approximate surface area is 158 Å². The number of nitrogens with one attached hydrogen (secondary N) is 2. The van der Waals surface area contributed by atoms with Crippen LogP contribution in [0.3, 0.4) is 0 Å². The Morgan fingerprint density at radius 1 is 0.778 bits per heavy atom. The molecule has 5 nitrogen and oxygen atoms in total. The number of para-hydroxylation sites is 1. The van der Waals surface area contributed by atoms with Crippen LogP contribution in [0.5, 0.6) is 5.75 Å². The summed E-state index contributed by atoms with van der Waals surface area (Å²) in [6.45, 7) is 0.387. The van der Waals surface area contributed by atoms with Gasteiger partial charge in [-0.25, -0.2) is 0 Å². The Morgan fingerprint density at radius 2 is 1.41 bits per heavy atom. The number of rotatable bonds is 7. The molecule has 27 heavy (non-hydrogen) atoms. The summed E-state index contributed by atoms with van der Waals surface area (Å²) in [5.41, 5.74) is 2.17. The molecule has 0 radical (unpaired) electrons. The van der Waals surface area contributed by atoms with Crippen LogP contribution in [0.4, 0.5) is 5.69 Å². The minimum Gasteiger partial charge on any atom is -0.484 e. The van der Waals surface area contributed by atoms with E-state index < -0.39 is 0 Å². The van der Waals surface area contributed by atoms with Crippen LogP contribution in [0.25, 0.3) is 0 Å². The largest absolute Gasteiger partial charge is 0.484 e. The van der Waals surface area contributed by atoms with Crippen molar-refractivity contribution in [1.82, 2.24) is 5.32 Å². The lowest BCUT2D eigenvalue weighted by Crippen LogP contribution is -2.23. The molecule has 0 spiro atoms. The van der Waals surface area contributed by atoms with E-state index in [0.717, 1.165) is 5.56 Å². The Hall–Kier alpha value is -3.60. The average molecular weight is 360 g/mol. The standard InChI is InChI=1S/C22H20N2O3/c25-21(16-27-20-9-5-2-6-10-20)24-19-13-11-18(12-14-19)22(26)23-15-17-7-3-1-4-8-17/h1-14H,15-16H2,(H,23,26)(H,24,25). The molecule has 5 heteroatoms. The van der Waals surface area contributed by atoms with Gasteiger partial charge >= 0.3 is 0 Å². The van der Waals surface area contributed by atoms with Crippen LogP contribution in [0.15, 0.2) is 84.9 Å². The maximum absolute atomic E-state index is 12.2. The maximum Gasteiger partial charge on any atom is 0.262 e. The van der Waals surface area contributed by atoms with Crippen LogP contribution in [-0.2, 0) is 11.3 Å². The first kappa shape index (κ1) is 18.2. The number of benzene rings is 3. The van der Waals surface area contributed by atoms with Crippen molar-refractivity contribution in [1.29, 1.82) is 0 Å². The molecule has 0 aliphatic heterocycles. The minimum absolute atomic E-state index is 0.0800. The highest BCUT2D eigenvalue weighted by Crippen LogP contribution is 2.11. The summed E-state index contributed by atoms with van der Waals surface area (Å²) in [6, 6.07) is 25.6. The molecule has 0 bridgehead atoms. The zero-order chi connectivity index (χ0) is 18.9. The Kier molecular flexibility index (Phi) is 6.20. The van der Waals surface area contributed by atoms with Gasteiger partial charge < -0.3 is 15.4 Å². The first-order chi connectivity index (χ1) is 13.2. The fraction of sp³-hybridized carbons (Fsp3) is 0.0909. The summed E-state index contributed by atoms with van der Waals surface area (Å²) in [4.78, 5) is 24.1. The van der Waals surface area contributed by atoms with E-state index in [2.05, 4.69) is 10.6 Å². The predicted octanol–water partition coefficient (Wildman–Crippen LogP) is 3.63. The highest BCUT2D eigenvalue weighted by molar-refractivity contribution is 5.96. The normalized spacial score (nSPS) is 10.1. The van der Waals surface area contributed by atoms with Gasteiger partial charge in [-0.15, -0.1) is 0 Å². The summed E-state index contributed by atoms with van der Waals surface area (Å²) in [6.07, 6.45) is 0. The molecule has 0 aromatic heterocycles. The summed E-state index contributed by atoms with van der Waals surface area (Å²) in [5, 5.41) is 5.61. The summed E-state index contributed by atoms with van der Waals surface area (Å²) in [5.74, 6) is 0.211. The number of carbonyl (C=O) groups is 2. The number of ether oxygens (including phenoxy) is 1. The second-order valence-corrected chi connectivity index (χ2v) is 5.90. The van der Waals surface area contributed by atoms with Crippen molar-refractivity contribution in [3.63, 3.8) is 0 Å². The lowest BCUT2D eigenvalue weighted by atomic mass is 10.1. The van der Waals surface area contributed by atoms with Gasteiger partial charge in [0.25, 0.3) is 11.8 Å². The van der Waals surface area contributed by atoms with E-state index in [1.165, 1.54) is 0 Å². The van der Waals surface area contributed by atoms with Crippen molar-refractivity contribution >= 4 is 17.5 Å². The van der Waals surface area contributed by atoms with E-state index in [-0.39, 0.29) is 18.4 Å². The van der Waals surface area contributed by atoms with Crippen molar-refractivity contribution in [2.24, 2.45) is 0 Å². The Bertz CT molecular complexity index is 878. The van der Waals surface area contributed by atoms with Crippen LogP contribution in [0.1, 0.15) is 15.9 Å². The zero-order valence-corrected chi connectivity index (χ0v) is 14.7. The zero-order valence-electron chi connectivity index (χ0n) is 14.7. The number of carbonyl (C=O) groups excluding carboxylic acids is 2. The second-order valence-electron chi connectivity index (χ2n) is 5.90. The minimum atomic E-state index is -0.264. The van der Waals surface area contributed by atoms with E-state index in [9.17, 15) is 9.59 Å². The SMILES string of the molecule is O=C(COc1ccccc1)Nc1ccc(C(=O)NCc2ccccc2)cc1. The summed E-state index contributed by atoms with van der Waals surface area (Å²) < 4.78 is 5.40. The van der Waals surface area contributed by atoms with Crippen molar-refractivity contribution in [2.45, 2.75) is 6.54 Å². The molecule has 0 atom stereocenters. The quantitative estimate of drug-likeness (QED) is 0.676. The molecule has 0 fully saturated rings. The highest BCUT2D eigenvalue weighted by Gasteiger charge is 2.07. The highest BCUT2D eigenvalue weighted by atomic mass is 16.5. The lowest BCUT2D eigenvalue weighted by Gasteiger charge is -2.09. The van der Waals surface area contributed by atoms with Gasteiger partial charge in [0.1, 0.15) is 5.75 Å². The number of amides is 2. The summed E-state index contributed by atoms with van der Waals surface area (Å²) >= 11 is 0. The fourth-order valence-electron chi connectivity index (χ4n) is 2.45. The summed E-state index contributed by atoms with van der Waals surface area (Å²) in [7, 11) is 0. The van der Waals surface area contributed by atoms with Crippen LogP contribution >= 0.6 is 0 Å². The smallest absolute Gasteiger partial charge is 0.262 e. The average Bonchev–Trinajstić information content (AvgIpc) is 2.72. The maximum atomic E-state index is 12.2. The van der Waals surface area contributed by atoms with Gasteiger partial charge in [0.2, 0.25) is 0 Å². The first-order valence-corrected chi connectivity index (χ1v) is 8.60. The van der Waals surface area contributed by atoms with E-state index in [0.29, 0.717) is 23.5 Å². The van der Waals surface area contributed by atoms with Crippen molar-refractivity contribution in [3.05, 3.63) is 96.1 Å². The molecule has 0 aliphatic carbocycles. The van der Waals surface area contributed by atoms with Gasteiger partial charge in [-0.3, -0.25) is 9.59 Å². The van der Waals surface area contributed by atoms with Crippen molar-refractivity contribution < 1.29 is 14.3 Å². The topological polar surface area (TPSA) is 67.4 Å². The van der Waals surface area contributed by atoms with Crippen LogP contribution in [-0.4, -0.2) is 18.4 Å². The third-order valence-corrected chi connectivity index (χ3v) is 3.84. The molecule has 3 aromatic rings. The second kappa shape index (κ2) is 9.20. The van der Waals surface area contributed by atoms with Crippen molar-refractivity contribution in [2.75, 3.05) is 11.9 Å². The lowest BCUT2D eigenvalue weighted by molar-refractivity contribution is -0.118. The van der Waals surface area contributed by atoms with E-state index >= 15 is 0 Å². The third kappa shape index (κ3) is 5.71. The monoisotopic (exact) mass is 360 g/mol. The molecule has 2 amide bonds. The fourth-order valence-corrected chi connectivity index (χ4v) is 2.45. The van der Waals surface area contributed by atoms with Gasteiger partial charge in [0.05, 0.1) is 0 Å². The van der Waals surface area contributed by atoms with Gasteiger partial charge in [-0.05, 0) is 42.0 Å². The third-order valence-electron chi connectivity index (χ3n) is 3.84. The molecule has 0 aliphatic rings. The molecular weight excluding hydrogens is 340 g/mol. The molecule has 136 valence electrons. The molecule has 2 N–H and O–H groups in total. The molecule has 0 saturated carbocycles. The molecule has 0 saturated heterocycles. The molecule has 3 rings (SSSR count). The van der Waals surface area contributed by atoms with Crippen molar-refractivity contribution in [3.8, 4) is 5.75 Å². The molecule has 0 unspecified atom stereocenters. The van der Waals surface area contributed by atoms with Gasteiger partial charge in [0.15, 0.2) is 6.61 Å². The van der Waals surface area contributed by atoms with E-state index in [4.69, 9.17) is 4.74 Å². The van der Waals surface area contributed by atoms with Crippen LogP contribution in [0.2, 0.25) is 0 Å².